The van der Waals surface area contributed by atoms with Gasteiger partial charge in [0.15, 0.2) is 0 Å². The van der Waals surface area contributed by atoms with Crippen LogP contribution in [0.15, 0.2) is 51.7 Å². The van der Waals surface area contributed by atoms with Gasteiger partial charge in [0.05, 0.1) is 0 Å². The van der Waals surface area contributed by atoms with Crippen molar-refractivity contribution in [1.29, 1.82) is 0 Å². The average Bonchev–Trinajstić information content (AvgIpc) is 3.55. The Labute approximate surface area is 203 Å². The molecule has 0 aliphatic heterocycles. The summed E-state index contributed by atoms with van der Waals surface area (Å²) in [6.07, 6.45) is 1.35. The molecular formula is C25H23BrF2N2O4. The highest BCUT2D eigenvalue weighted by molar-refractivity contribution is 9.10. The second-order valence-corrected chi connectivity index (χ2v) is 9.23. The van der Waals surface area contributed by atoms with Crippen molar-refractivity contribution in [2.75, 3.05) is 0 Å². The number of ether oxygens (including phenoxy) is 1. The van der Waals surface area contributed by atoms with Gasteiger partial charge in [-0.15, -0.1) is 0 Å². The van der Waals surface area contributed by atoms with Crippen LogP contribution in [0.2, 0.25) is 0 Å². The Morgan fingerprint density at radius 3 is 2.65 bits per heavy atom. The lowest BCUT2D eigenvalue weighted by molar-refractivity contribution is -0.131. The first-order valence-corrected chi connectivity index (χ1v) is 11.5. The molecule has 1 heterocycles. The molecular weight excluding hydrogens is 510 g/mol. The maximum absolute atomic E-state index is 14.1. The monoisotopic (exact) mass is 532 g/mol. The van der Waals surface area contributed by atoms with E-state index in [-0.39, 0.29) is 40.4 Å². The second-order valence-electron chi connectivity index (χ2n) is 8.44. The number of carbonyl (C=O) groups excluding carboxylic acids is 1. The van der Waals surface area contributed by atoms with Gasteiger partial charge < -0.3 is 20.1 Å². The van der Waals surface area contributed by atoms with E-state index in [1.54, 1.807) is 6.92 Å². The van der Waals surface area contributed by atoms with Crippen molar-refractivity contribution in [3.63, 3.8) is 0 Å². The third-order valence-electron chi connectivity index (χ3n) is 5.79. The van der Waals surface area contributed by atoms with Gasteiger partial charge in [-0.1, -0.05) is 24.3 Å². The lowest BCUT2D eigenvalue weighted by Crippen LogP contribution is -2.35. The van der Waals surface area contributed by atoms with Crippen LogP contribution in [-0.4, -0.2) is 21.6 Å². The number of amides is 1. The lowest BCUT2D eigenvalue weighted by atomic mass is 10.0. The minimum atomic E-state index is -1.23. The number of carbonyl (C=O) groups is 1. The molecule has 178 valence electrons. The highest BCUT2D eigenvalue weighted by atomic mass is 79.9. The molecule has 34 heavy (non-hydrogen) atoms. The first-order chi connectivity index (χ1) is 16.2. The minimum absolute atomic E-state index is 0.159. The second kappa shape index (κ2) is 9.68. The molecule has 3 N–H and O–H groups in total. The summed E-state index contributed by atoms with van der Waals surface area (Å²) < 4.78 is 33.3. The zero-order chi connectivity index (χ0) is 24.5. The predicted molar refractivity (Wildman–Crippen MR) is 125 cm³/mol. The van der Waals surface area contributed by atoms with Crippen molar-refractivity contribution in [2.24, 2.45) is 0 Å². The Kier molecular flexibility index (Phi) is 6.86. The van der Waals surface area contributed by atoms with Crippen LogP contribution in [-0.2, 0) is 24.4 Å². The molecule has 1 aliphatic rings. The van der Waals surface area contributed by atoms with Crippen molar-refractivity contribution >= 4 is 21.8 Å². The summed E-state index contributed by atoms with van der Waals surface area (Å²) in [5, 5.41) is 12.6. The number of halogens is 3. The van der Waals surface area contributed by atoms with Crippen LogP contribution in [0, 0.1) is 18.6 Å². The van der Waals surface area contributed by atoms with Gasteiger partial charge in [-0.2, -0.15) is 0 Å². The number of aromatic amines is 1. The number of H-pyrrole nitrogens is 1. The molecule has 0 bridgehead atoms. The SMILES string of the molecule is Cc1[nH]c(=O)c(Br)c(OCc2ccc(F)cc2F)c1Cc1cccc(CNC(=O)C2(O)CC2)c1. The molecule has 2 aromatic carbocycles. The van der Waals surface area contributed by atoms with Crippen LogP contribution < -0.4 is 15.6 Å². The van der Waals surface area contributed by atoms with Gasteiger partial charge in [-0.3, -0.25) is 9.59 Å². The van der Waals surface area contributed by atoms with Crippen LogP contribution in [0.1, 0.15) is 40.8 Å². The van der Waals surface area contributed by atoms with E-state index in [4.69, 9.17) is 4.74 Å². The molecule has 0 radical (unpaired) electrons. The van der Waals surface area contributed by atoms with Crippen LogP contribution in [0.3, 0.4) is 0 Å². The van der Waals surface area contributed by atoms with Crippen molar-refractivity contribution in [1.82, 2.24) is 10.3 Å². The molecule has 1 aromatic heterocycles. The Bertz CT molecular complexity index is 1300. The van der Waals surface area contributed by atoms with Gasteiger partial charge in [0.25, 0.3) is 11.5 Å². The number of pyridine rings is 1. The summed E-state index contributed by atoms with van der Waals surface area (Å²) in [4.78, 5) is 27.1. The van der Waals surface area contributed by atoms with Gasteiger partial charge in [0.2, 0.25) is 0 Å². The van der Waals surface area contributed by atoms with E-state index in [0.717, 1.165) is 23.3 Å². The average molecular weight is 533 g/mol. The van der Waals surface area contributed by atoms with Crippen LogP contribution >= 0.6 is 15.9 Å². The van der Waals surface area contributed by atoms with E-state index in [2.05, 4.69) is 26.2 Å². The highest BCUT2D eigenvalue weighted by Crippen LogP contribution is 2.35. The van der Waals surface area contributed by atoms with E-state index in [1.165, 1.54) is 6.07 Å². The molecule has 1 saturated carbocycles. The zero-order valence-corrected chi connectivity index (χ0v) is 20.0. The molecule has 4 rings (SSSR count). The van der Waals surface area contributed by atoms with Gasteiger partial charge in [-0.05, 0) is 59.0 Å². The number of rotatable bonds is 8. The Balaban J connectivity index is 1.55. The highest BCUT2D eigenvalue weighted by Gasteiger charge is 2.47. The normalized spacial score (nSPS) is 14.0. The number of hydrogen-bond acceptors (Lipinski definition) is 4. The first-order valence-electron chi connectivity index (χ1n) is 10.7. The van der Waals surface area contributed by atoms with Crippen LogP contribution in [0.25, 0.3) is 0 Å². The topological polar surface area (TPSA) is 91.4 Å². The van der Waals surface area contributed by atoms with E-state index < -0.39 is 17.2 Å². The maximum Gasteiger partial charge on any atom is 0.266 e. The summed E-state index contributed by atoms with van der Waals surface area (Å²) in [6, 6.07) is 10.8. The summed E-state index contributed by atoms with van der Waals surface area (Å²) in [7, 11) is 0. The quantitative estimate of drug-likeness (QED) is 0.408. The Morgan fingerprint density at radius 1 is 1.21 bits per heavy atom. The molecule has 9 heteroatoms. The summed E-state index contributed by atoms with van der Waals surface area (Å²) in [5.74, 6) is -1.51. The van der Waals surface area contributed by atoms with E-state index in [9.17, 15) is 23.5 Å². The number of nitrogens with one attached hydrogen (secondary N) is 2. The molecule has 0 saturated heterocycles. The smallest absolute Gasteiger partial charge is 0.266 e. The summed E-state index contributed by atoms with van der Waals surface area (Å²) in [6.45, 7) is 1.83. The van der Waals surface area contributed by atoms with Gasteiger partial charge in [-0.25, -0.2) is 8.78 Å². The fraction of sp³-hybridized carbons (Fsp3) is 0.280. The molecule has 3 aromatic rings. The van der Waals surface area contributed by atoms with Gasteiger partial charge in [0.1, 0.15) is 34.1 Å². The number of aliphatic hydroxyl groups is 1. The largest absolute Gasteiger partial charge is 0.487 e. The fourth-order valence-electron chi connectivity index (χ4n) is 3.60. The van der Waals surface area contributed by atoms with Crippen LogP contribution in [0.5, 0.6) is 5.75 Å². The van der Waals surface area contributed by atoms with Crippen molar-refractivity contribution < 1.29 is 23.4 Å². The fourth-order valence-corrected chi connectivity index (χ4v) is 4.06. The summed E-state index contributed by atoms with van der Waals surface area (Å²) in [5.41, 5.74) is 1.59. The third kappa shape index (κ3) is 5.37. The lowest BCUT2D eigenvalue weighted by Gasteiger charge is -2.16. The Morgan fingerprint density at radius 2 is 1.94 bits per heavy atom. The van der Waals surface area contributed by atoms with E-state index in [1.807, 2.05) is 24.3 Å². The predicted octanol–water partition coefficient (Wildman–Crippen LogP) is 4.03. The molecule has 0 spiro atoms. The van der Waals surface area contributed by atoms with Crippen molar-refractivity contribution in [3.8, 4) is 5.75 Å². The molecule has 0 atom stereocenters. The Hall–Kier alpha value is -3.04. The zero-order valence-electron chi connectivity index (χ0n) is 18.4. The number of aryl methyl sites for hydroxylation is 1. The summed E-state index contributed by atoms with van der Waals surface area (Å²) >= 11 is 3.27. The molecule has 1 amide bonds. The first kappa shape index (κ1) is 24.1. The standard InChI is InChI=1S/C25H23BrF2N2O4/c1-14-19(10-15-3-2-4-16(9-15)12-29-24(32)25(33)7-8-25)22(21(26)23(31)30-14)34-13-17-5-6-18(27)11-20(17)28/h2-6,9,11,33H,7-8,10,12-13H2,1H3,(H,29,32)(H,30,31). The van der Waals surface area contributed by atoms with E-state index >= 15 is 0 Å². The molecule has 6 nitrogen and oxygen atoms in total. The van der Waals surface area contributed by atoms with E-state index in [0.29, 0.717) is 30.5 Å². The van der Waals surface area contributed by atoms with Crippen molar-refractivity contribution in [2.45, 2.75) is 44.9 Å². The number of aromatic nitrogens is 1. The molecule has 1 aliphatic carbocycles. The molecule has 0 unspecified atom stereocenters. The van der Waals surface area contributed by atoms with Crippen molar-refractivity contribution in [3.05, 3.63) is 96.9 Å². The van der Waals surface area contributed by atoms with Gasteiger partial charge >= 0.3 is 0 Å². The molecule has 1 fully saturated rings. The third-order valence-corrected chi connectivity index (χ3v) is 6.51. The number of hydrogen-bond donors (Lipinski definition) is 3. The minimum Gasteiger partial charge on any atom is -0.487 e. The van der Waals surface area contributed by atoms with Crippen LogP contribution in [0.4, 0.5) is 8.78 Å². The number of benzene rings is 2. The van der Waals surface area contributed by atoms with Gasteiger partial charge in [0, 0.05) is 35.9 Å². The maximum atomic E-state index is 14.1.